The molecule has 2 amide bonds. The van der Waals surface area contributed by atoms with Crippen LogP contribution in [0.4, 0.5) is 0 Å². The standard InChI is InChI=1S/C12H25N3O.C11H22N2O.C11H24N2.C10H23N2OP.C10H22N2.C9H19N.C8H18N2.C8H17N.2CH4/c1-10(2)15-7-5-11(6-8-15)13-12(16)9-14(3)4;1-4-11(14)12-10-5-7-13(8-6-10)9(2)3;1-4-5-6-12-7-9-13(10-8-12)11(2)3;1-10(2)12-7-5-11(6-8-12)9-14(3,4)13;1-9(2)12-7-5-10(6-8-12)11(3)4;1-9(2)10-7-5-3-4-6-8-10;1-8(2)10-6-4-9(3)5-7-10;1-8(2)9-6-4-3-5-7-9;;/h10-11H,5-9H2,1-4H3,(H,13,16);9-10H,4-8H2,1-3H3,(H,12,14);11H,4-10H2,1-3H3;10H,5-9H2,1-4H3;9-10H,5-8H2,1-4H3;9H,3-8H2,1-2H3;8H,4-7H2,1-3H3;8H,3-7H2,1-2H3;2*1H4. The molecule has 0 aromatic rings. The van der Waals surface area contributed by atoms with Gasteiger partial charge in [0, 0.05) is 178 Å². The van der Waals surface area contributed by atoms with E-state index in [4.69, 9.17) is 0 Å². The van der Waals surface area contributed by atoms with Crippen LogP contribution in [0.2, 0.25) is 0 Å². The first-order chi connectivity index (χ1) is 46.2. The van der Waals surface area contributed by atoms with E-state index in [0.29, 0.717) is 43.2 Å². The van der Waals surface area contributed by atoms with Crippen molar-refractivity contribution in [3.05, 3.63) is 0 Å². The molecular formula is C81H178N15O3P. The van der Waals surface area contributed by atoms with Gasteiger partial charge in [-0.05, 0) is 276 Å². The molecule has 18 nitrogen and oxygen atoms in total. The first-order valence-electron chi connectivity index (χ1n) is 40.7. The predicted octanol–water partition coefficient (Wildman–Crippen LogP) is 12.8. The Bertz CT molecular complexity index is 1910. The molecule has 0 radical (unpaired) electrons. The van der Waals surface area contributed by atoms with E-state index in [1.165, 1.54) is 169 Å². The molecule has 2 N–H and O–H groups in total. The lowest BCUT2D eigenvalue weighted by Crippen LogP contribution is -2.48. The van der Waals surface area contributed by atoms with Crippen LogP contribution in [0.3, 0.4) is 0 Å². The Morgan fingerprint density at radius 2 is 0.670 bits per heavy atom. The maximum Gasteiger partial charge on any atom is 0.234 e. The van der Waals surface area contributed by atoms with E-state index in [0.717, 1.165) is 121 Å². The SMILES string of the molecule is C.C.CC(C)N1CCC(N(C)C)CC1.CC(C)N1CCC(NC(=O)CN(C)C)CC1.CC(C)N1CCCCC1.CC(C)N1CCCCCC1.CC(C)N1CCN(C)CC1.CC(C)N1CCN(CP(C)(C)=O)CC1.CCC(=O)NC1CCN(C(C)C)CC1.CCCCN1CCN(C(C)C)CC1. The number of nitrogens with zero attached hydrogens (tertiary/aromatic N) is 13. The normalized spacial score (nSPS) is 21.2. The minimum atomic E-state index is -1.87. The number of likely N-dealkylation sites (tertiary alicyclic amines) is 5. The average Bonchev–Trinajstić information content (AvgIpc) is 1.02. The highest BCUT2D eigenvalue weighted by Gasteiger charge is 2.26. The highest BCUT2D eigenvalue weighted by atomic mass is 31.2. The Labute approximate surface area is 625 Å². The lowest BCUT2D eigenvalue weighted by Gasteiger charge is -2.37. The molecule has 8 aliphatic rings. The summed E-state index contributed by atoms with van der Waals surface area (Å²) in [4.78, 5) is 54.6. The zero-order valence-electron chi connectivity index (χ0n) is 69.8. The van der Waals surface area contributed by atoms with E-state index in [2.05, 4.69) is 208 Å². The number of hydrogen-bond donors (Lipinski definition) is 2. The van der Waals surface area contributed by atoms with E-state index in [9.17, 15) is 14.2 Å². The molecule has 600 valence electrons. The minimum absolute atomic E-state index is 0. The maximum absolute atomic E-state index is 11.6. The van der Waals surface area contributed by atoms with Crippen molar-refractivity contribution in [2.45, 2.75) is 309 Å². The largest absolute Gasteiger partial charge is 0.353 e. The summed E-state index contributed by atoms with van der Waals surface area (Å²) in [6, 6.07) is 7.24. The molecule has 0 bridgehead atoms. The lowest BCUT2D eigenvalue weighted by atomic mass is 10.0. The van der Waals surface area contributed by atoms with Gasteiger partial charge in [-0.15, -0.1) is 0 Å². The number of unbranched alkanes of at least 4 members (excludes halogenated alkanes) is 1. The summed E-state index contributed by atoms with van der Waals surface area (Å²) >= 11 is 0. The summed E-state index contributed by atoms with van der Waals surface area (Å²) in [7, 11) is 8.54. The highest BCUT2D eigenvalue weighted by Crippen LogP contribution is 2.36. The Morgan fingerprint density at radius 1 is 0.390 bits per heavy atom. The van der Waals surface area contributed by atoms with Gasteiger partial charge in [-0.3, -0.25) is 29.2 Å². The fraction of sp³-hybridized carbons (Fsp3) is 0.975. The summed E-state index contributed by atoms with van der Waals surface area (Å²) in [6.45, 7) is 72.7. The van der Waals surface area contributed by atoms with Crippen LogP contribution in [0.1, 0.15) is 242 Å². The number of likely N-dealkylation sites (N-methyl/N-ethyl adjacent to an activating group) is 2. The molecule has 0 aromatic heterocycles. The number of carbonyl (C=O) groups is 2. The summed E-state index contributed by atoms with van der Waals surface area (Å²) in [5.41, 5.74) is 0. The van der Waals surface area contributed by atoms with Crippen LogP contribution in [-0.2, 0) is 14.2 Å². The summed E-state index contributed by atoms with van der Waals surface area (Å²) < 4.78 is 11.6. The molecule has 0 unspecified atom stereocenters. The van der Waals surface area contributed by atoms with E-state index < -0.39 is 7.14 Å². The van der Waals surface area contributed by atoms with Crippen LogP contribution in [0.25, 0.3) is 0 Å². The molecule has 8 heterocycles. The molecule has 8 rings (SSSR count). The Balaban J connectivity index is 0. The third kappa shape index (κ3) is 48.8. The van der Waals surface area contributed by atoms with Crippen LogP contribution in [-0.4, -0.2) is 354 Å². The van der Waals surface area contributed by atoms with E-state index in [-0.39, 0.29) is 26.7 Å². The van der Waals surface area contributed by atoms with Crippen LogP contribution in [0.5, 0.6) is 0 Å². The Kier molecular flexibility index (Phi) is 58.2. The van der Waals surface area contributed by atoms with Crippen molar-refractivity contribution >= 4 is 19.0 Å². The van der Waals surface area contributed by atoms with Gasteiger partial charge in [-0.1, -0.05) is 54.4 Å². The van der Waals surface area contributed by atoms with E-state index in [1.807, 2.05) is 39.2 Å². The first kappa shape index (κ1) is 101. The number of amides is 2. The molecule has 0 aliphatic carbocycles. The third-order valence-electron chi connectivity index (χ3n) is 21.4. The summed E-state index contributed by atoms with van der Waals surface area (Å²) in [5, 5.41) is 6.16. The van der Waals surface area contributed by atoms with Gasteiger partial charge < -0.3 is 59.3 Å². The van der Waals surface area contributed by atoms with E-state index >= 15 is 0 Å². The fourth-order valence-corrected chi connectivity index (χ4v) is 15.3. The van der Waals surface area contributed by atoms with Crippen molar-refractivity contribution in [1.29, 1.82) is 0 Å². The number of piperazine rings is 3. The number of carbonyl (C=O) groups excluding carboxylic acids is 2. The predicted molar refractivity (Wildman–Crippen MR) is 442 cm³/mol. The van der Waals surface area contributed by atoms with Crippen LogP contribution in [0.15, 0.2) is 0 Å². The lowest BCUT2D eigenvalue weighted by molar-refractivity contribution is -0.123. The zero-order valence-corrected chi connectivity index (χ0v) is 70.7. The quantitative estimate of drug-likeness (QED) is 0.119. The van der Waals surface area contributed by atoms with Crippen LogP contribution in [0, 0.1) is 0 Å². The number of piperidine rings is 4. The van der Waals surface area contributed by atoms with Gasteiger partial charge in [0.15, 0.2) is 0 Å². The molecule has 100 heavy (non-hydrogen) atoms. The first-order valence-corrected chi connectivity index (χ1v) is 43.4. The molecule has 0 spiro atoms. The van der Waals surface area contributed by atoms with Crippen molar-refractivity contribution in [2.75, 3.05) is 212 Å². The molecule has 8 aliphatic heterocycles. The van der Waals surface area contributed by atoms with Crippen molar-refractivity contribution < 1.29 is 14.2 Å². The number of nitrogens with one attached hydrogen (secondary N) is 2. The maximum atomic E-state index is 11.6. The summed E-state index contributed by atoms with van der Waals surface area (Å²) in [5.74, 6) is 0.334. The topological polar surface area (TPSA) is 117 Å². The Morgan fingerprint density at radius 3 is 0.960 bits per heavy atom. The van der Waals surface area contributed by atoms with Gasteiger partial charge in [-0.25, -0.2) is 0 Å². The van der Waals surface area contributed by atoms with Crippen LogP contribution >= 0.6 is 7.14 Å². The Hall–Kier alpha value is -1.35. The number of hydrogen-bond acceptors (Lipinski definition) is 16. The van der Waals surface area contributed by atoms with Gasteiger partial charge in [0.2, 0.25) is 11.8 Å². The molecule has 19 heteroatoms. The molecule has 0 aromatic carbocycles. The highest BCUT2D eigenvalue weighted by molar-refractivity contribution is 7.62. The number of rotatable bonds is 19. The fourth-order valence-electron chi connectivity index (χ4n) is 14.1. The van der Waals surface area contributed by atoms with Crippen LogP contribution < -0.4 is 10.6 Å². The second-order valence-electron chi connectivity index (χ2n) is 33.3. The van der Waals surface area contributed by atoms with Crippen molar-refractivity contribution in [3.8, 4) is 0 Å². The molecule has 8 saturated heterocycles. The minimum Gasteiger partial charge on any atom is -0.353 e. The van der Waals surface area contributed by atoms with Gasteiger partial charge in [0.1, 0.15) is 0 Å². The van der Waals surface area contributed by atoms with E-state index in [1.54, 1.807) is 0 Å². The molecule has 0 atom stereocenters. The van der Waals surface area contributed by atoms with Gasteiger partial charge in [0.05, 0.1) is 20.0 Å². The van der Waals surface area contributed by atoms with Gasteiger partial charge in [0.25, 0.3) is 0 Å². The molecular weight excluding hydrogens is 1260 g/mol. The monoisotopic (exact) mass is 1440 g/mol. The van der Waals surface area contributed by atoms with Gasteiger partial charge >= 0.3 is 0 Å². The second kappa shape index (κ2) is 57.8. The van der Waals surface area contributed by atoms with Crippen molar-refractivity contribution in [1.82, 2.24) is 74.3 Å². The second-order valence-corrected chi connectivity index (χ2v) is 36.7. The van der Waals surface area contributed by atoms with Gasteiger partial charge in [-0.2, -0.15) is 0 Å². The van der Waals surface area contributed by atoms with Crippen molar-refractivity contribution in [2.24, 2.45) is 0 Å². The zero-order chi connectivity index (χ0) is 73.9. The molecule has 0 saturated carbocycles. The van der Waals surface area contributed by atoms with Crippen molar-refractivity contribution in [3.63, 3.8) is 0 Å². The third-order valence-corrected chi connectivity index (χ3v) is 22.5. The smallest absolute Gasteiger partial charge is 0.234 e. The average molecular weight is 1440 g/mol. The molecule has 8 fully saturated rings. The summed E-state index contributed by atoms with van der Waals surface area (Å²) in [6.07, 6.45) is 21.1.